The van der Waals surface area contributed by atoms with Crippen LogP contribution in [-0.4, -0.2) is 31.8 Å². The molecule has 0 radical (unpaired) electrons. The largest absolute Gasteiger partial charge is 0.508 e. The molecule has 3 aromatic rings. The Kier molecular flexibility index (Phi) is 7.41. The van der Waals surface area contributed by atoms with Crippen LogP contribution in [0.4, 0.5) is 0 Å². The quantitative estimate of drug-likeness (QED) is 0.440. The van der Waals surface area contributed by atoms with Crippen molar-refractivity contribution < 1.29 is 19.4 Å². The van der Waals surface area contributed by atoms with E-state index in [0.717, 1.165) is 36.8 Å². The second kappa shape index (κ2) is 10.6. The number of aromatic hydroxyl groups is 1. The van der Waals surface area contributed by atoms with Crippen molar-refractivity contribution >= 4 is 5.91 Å². The number of phenolic OH excluding ortho intramolecular Hbond substituents is 1. The van der Waals surface area contributed by atoms with E-state index < -0.39 is 0 Å². The molecule has 1 aliphatic rings. The van der Waals surface area contributed by atoms with Crippen LogP contribution in [0.3, 0.4) is 0 Å². The maximum atomic E-state index is 13.2. The number of phenols is 1. The van der Waals surface area contributed by atoms with Gasteiger partial charge in [-0.25, -0.2) is 0 Å². The number of carbonyl (C=O) groups excluding carboxylic acids is 1. The summed E-state index contributed by atoms with van der Waals surface area (Å²) < 4.78 is 10.9. The minimum absolute atomic E-state index is 0.0242. The van der Waals surface area contributed by atoms with Gasteiger partial charge in [0.15, 0.2) is 11.5 Å². The molecule has 0 saturated heterocycles. The summed E-state index contributed by atoms with van der Waals surface area (Å²) in [4.78, 5) is 13.2. The molecule has 1 fully saturated rings. The number of carbonyl (C=O) groups is 1. The Bertz CT molecular complexity index is 1110. The predicted molar refractivity (Wildman–Crippen MR) is 134 cm³/mol. The Hall–Kier alpha value is -3.47. The molecule has 4 rings (SSSR count). The lowest BCUT2D eigenvalue weighted by atomic mass is 9.78. The first kappa shape index (κ1) is 23.7. The Labute approximate surface area is 201 Å². The maximum absolute atomic E-state index is 13.2. The number of para-hydroxylation sites is 1. The third-order valence-corrected chi connectivity index (χ3v) is 7.08. The van der Waals surface area contributed by atoms with E-state index in [1.54, 1.807) is 26.4 Å². The molecular weight excluding hydrogens is 426 g/mol. The van der Waals surface area contributed by atoms with E-state index in [2.05, 4.69) is 11.4 Å². The Balaban J connectivity index is 1.53. The van der Waals surface area contributed by atoms with Gasteiger partial charge < -0.3 is 19.9 Å². The fourth-order valence-corrected chi connectivity index (χ4v) is 5.19. The normalized spacial score (nSPS) is 15.5. The van der Waals surface area contributed by atoms with Crippen LogP contribution in [0.5, 0.6) is 17.2 Å². The van der Waals surface area contributed by atoms with Crippen molar-refractivity contribution in [3.05, 3.63) is 89.5 Å². The second-order valence-electron chi connectivity index (χ2n) is 9.06. The zero-order valence-electron chi connectivity index (χ0n) is 19.9. The van der Waals surface area contributed by atoms with E-state index in [4.69, 9.17) is 9.47 Å². The summed E-state index contributed by atoms with van der Waals surface area (Å²) in [7, 11) is 3.28. The van der Waals surface area contributed by atoms with Gasteiger partial charge in [0.05, 0.1) is 14.2 Å². The van der Waals surface area contributed by atoms with Crippen LogP contribution in [0.2, 0.25) is 0 Å². The zero-order chi connectivity index (χ0) is 24.0. The monoisotopic (exact) mass is 459 g/mol. The lowest BCUT2D eigenvalue weighted by molar-refractivity contribution is -0.121. The molecule has 0 spiro atoms. The minimum Gasteiger partial charge on any atom is -0.508 e. The highest BCUT2D eigenvalue weighted by Crippen LogP contribution is 2.43. The lowest BCUT2D eigenvalue weighted by Crippen LogP contribution is -2.39. The molecule has 34 heavy (non-hydrogen) atoms. The van der Waals surface area contributed by atoms with Gasteiger partial charge in [-0.1, -0.05) is 67.4 Å². The number of hydrogen-bond acceptors (Lipinski definition) is 4. The van der Waals surface area contributed by atoms with Gasteiger partial charge in [-0.2, -0.15) is 0 Å². The average Bonchev–Trinajstić information content (AvgIpc) is 3.37. The van der Waals surface area contributed by atoms with Crippen molar-refractivity contribution in [3.63, 3.8) is 0 Å². The Morgan fingerprint density at radius 2 is 1.62 bits per heavy atom. The van der Waals surface area contributed by atoms with Gasteiger partial charge in [-0.15, -0.1) is 0 Å². The van der Waals surface area contributed by atoms with Crippen LogP contribution < -0.4 is 14.8 Å². The van der Waals surface area contributed by atoms with Gasteiger partial charge in [-0.05, 0) is 42.2 Å². The van der Waals surface area contributed by atoms with Crippen molar-refractivity contribution in [3.8, 4) is 17.2 Å². The first-order valence-electron chi connectivity index (χ1n) is 11.9. The fourth-order valence-electron chi connectivity index (χ4n) is 5.19. The van der Waals surface area contributed by atoms with Crippen LogP contribution in [0, 0.1) is 0 Å². The molecule has 0 aliphatic heterocycles. The summed E-state index contributed by atoms with van der Waals surface area (Å²) >= 11 is 0. The molecule has 5 nitrogen and oxygen atoms in total. The van der Waals surface area contributed by atoms with Crippen LogP contribution in [-0.2, 0) is 10.2 Å². The van der Waals surface area contributed by atoms with E-state index in [-0.39, 0.29) is 29.4 Å². The Morgan fingerprint density at radius 1 is 0.941 bits per heavy atom. The Morgan fingerprint density at radius 3 is 2.29 bits per heavy atom. The maximum Gasteiger partial charge on any atom is 0.220 e. The topological polar surface area (TPSA) is 67.8 Å². The molecule has 0 aromatic heterocycles. The van der Waals surface area contributed by atoms with Crippen LogP contribution in [0.25, 0.3) is 0 Å². The van der Waals surface area contributed by atoms with Crippen molar-refractivity contribution in [1.29, 1.82) is 0 Å². The third kappa shape index (κ3) is 5.04. The highest BCUT2D eigenvalue weighted by Gasteiger charge is 2.37. The molecule has 0 bridgehead atoms. The summed E-state index contributed by atoms with van der Waals surface area (Å²) in [5.41, 5.74) is 2.82. The lowest BCUT2D eigenvalue weighted by Gasteiger charge is -2.31. The molecule has 1 atom stereocenters. The predicted octanol–water partition coefficient (Wildman–Crippen LogP) is 5.56. The smallest absolute Gasteiger partial charge is 0.220 e. The molecule has 0 heterocycles. The van der Waals surface area contributed by atoms with Gasteiger partial charge in [0.25, 0.3) is 0 Å². The highest BCUT2D eigenvalue weighted by molar-refractivity contribution is 5.78. The number of methoxy groups -OCH3 is 2. The van der Waals surface area contributed by atoms with E-state index >= 15 is 0 Å². The molecule has 0 unspecified atom stereocenters. The van der Waals surface area contributed by atoms with Gasteiger partial charge >= 0.3 is 0 Å². The fraction of sp³-hybridized carbons (Fsp3) is 0.345. The summed E-state index contributed by atoms with van der Waals surface area (Å²) in [6.45, 7) is 0.573. The molecule has 178 valence electrons. The summed E-state index contributed by atoms with van der Waals surface area (Å²) in [6.07, 6.45) is 4.57. The van der Waals surface area contributed by atoms with Gasteiger partial charge in [0.1, 0.15) is 5.75 Å². The summed E-state index contributed by atoms with van der Waals surface area (Å²) in [6, 6.07) is 23.2. The summed E-state index contributed by atoms with van der Waals surface area (Å²) in [5, 5.41) is 13.7. The average molecular weight is 460 g/mol. The van der Waals surface area contributed by atoms with Crippen LogP contribution >= 0.6 is 0 Å². The molecule has 1 saturated carbocycles. The first-order valence-corrected chi connectivity index (χ1v) is 11.9. The van der Waals surface area contributed by atoms with Crippen LogP contribution in [0.1, 0.15) is 54.7 Å². The number of benzene rings is 3. The van der Waals surface area contributed by atoms with E-state index in [9.17, 15) is 9.90 Å². The van der Waals surface area contributed by atoms with Gasteiger partial charge in [0, 0.05) is 29.9 Å². The number of ether oxygens (including phenoxy) is 2. The van der Waals surface area contributed by atoms with E-state index in [1.807, 2.05) is 54.6 Å². The van der Waals surface area contributed by atoms with Crippen molar-refractivity contribution in [2.45, 2.75) is 43.4 Å². The SMILES string of the molecule is COc1ccc(C2(CNC(=O)C[C@@H](c3ccccc3)c3ccccc3O)CCCC2)cc1OC. The van der Waals surface area contributed by atoms with E-state index in [0.29, 0.717) is 18.0 Å². The number of hydrogen-bond donors (Lipinski definition) is 2. The van der Waals surface area contributed by atoms with Crippen LogP contribution in [0.15, 0.2) is 72.8 Å². The summed E-state index contributed by atoms with van der Waals surface area (Å²) in [5.74, 6) is 1.38. The van der Waals surface area contributed by atoms with Crippen molar-refractivity contribution in [2.24, 2.45) is 0 Å². The minimum atomic E-state index is -0.219. The number of rotatable bonds is 9. The van der Waals surface area contributed by atoms with E-state index in [1.165, 1.54) is 5.56 Å². The standard InChI is InChI=1S/C29H33NO4/c1-33-26-15-14-22(18-27(26)34-2)29(16-8-9-17-29)20-30-28(32)19-24(21-10-4-3-5-11-21)23-12-6-7-13-25(23)31/h3-7,10-15,18,24,31H,8-9,16-17,19-20H2,1-2H3,(H,30,32)/t24-/m0/s1. The molecule has 3 aromatic carbocycles. The number of amides is 1. The third-order valence-electron chi connectivity index (χ3n) is 7.08. The molecule has 1 aliphatic carbocycles. The highest BCUT2D eigenvalue weighted by atomic mass is 16.5. The first-order chi connectivity index (χ1) is 16.6. The molecule has 1 amide bonds. The van der Waals surface area contributed by atoms with Crippen molar-refractivity contribution in [2.75, 3.05) is 20.8 Å². The number of nitrogens with one attached hydrogen (secondary N) is 1. The molecular formula is C29H33NO4. The molecule has 5 heteroatoms. The van der Waals surface area contributed by atoms with Crippen molar-refractivity contribution in [1.82, 2.24) is 5.32 Å². The molecule has 2 N–H and O–H groups in total. The van der Waals surface area contributed by atoms with Gasteiger partial charge in [0.2, 0.25) is 5.91 Å². The second-order valence-corrected chi connectivity index (χ2v) is 9.06. The van der Waals surface area contributed by atoms with Gasteiger partial charge in [-0.3, -0.25) is 4.79 Å². The zero-order valence-corrected chi connectivity index (χ0v) is 19.9.